The quantitative estimate of drug-likeness (QED) is 0.491. The maximum Gasteiger partial charge on any atom is 0.208 e. The lowest BCUT2D eigenvalue weighted by atomic mass is 10.1. The van der Waals surface area contributed by atoms with Crippen LogP contribution in [0.15, 0.2) is 6.33 Å². The zero-order valence-corrected chi connectivity index (χ0v) is 17.2. The number of ether oxygens (including phenoxy) is 1. The van der Waals surface area contributed by atoms with Gasteiger partial charge in [-0.15, -0.1) is 0 Å². The number of imidazole rings is 1. The van der Waals surface area contributed by atoms with Crippen molar-refractivity contribution in [3.63, 3.8) is 0 Å². The first-order valence-electron chi connectivity index (χ1n) is 9.54. The fraction of sp³-hybridized carbons (Fsp3) is 0.632. The molecule has 0 aromatic carbocycles. The standard InChI is InChI=1S/C19H27N5O3S/c1-4-5-6-7-8-13-22-17(20)14-18(23-13)24(10-21-14)19-16(26)15(25)12(27-19)9-28-11(2)3/h10-12,15-16,19,25-26H,4-6,9H2,1-3H3,(H2,20,22,23)/t12-,15-,16-,19-/m1/s1. The summed E-state index contributed by atoms with van der Waals surface area (Å²) in [7, 11) is 0. The highest BCUT2D eigenvalue weighted by Gasteiger charge is 2.44. The topological polar surface area (TPSA) is 119 Å². The molecule has 1 aliphatic rings. The number of nitrogens with zero attached hydrogens (tertiary/aromatic N) is 4. The molecule has 2 aromatic heterocycles. The van der Waals surface area contributed by atoms with E-state index in [0.717, 1.165) is 19.3 Å². The van der Waals surface area contributed by atoms with E-state index in [2.05, 4.69) is 47.6 Å². The molecular formula is C19H27N5O3S. The summed E-state index contributed by atoms with van der Waals surface area (Å²) in [5.74, 6) is 7.10. The van der Waals surface area contributed by atoms with Crippen molar-refractivity contribution in [3.8, 4) is 11.8 Å². The molecule has 0 amide bonds. The molecule has 3 rings (SSSR count). The van der Waals surface area contributed by atoms with Crippen LogP contribution in [0.2, 0.25) is 0 Å². The third kappa shape index (κ3) is 4.41. The van der Waals surface area contributed by atoms with E-state index in [0.29, 0.717) is 28.0 Å². The average Bonchev–Trinajstić information content (AvgIpc) is 3.19. The fourth-order valence-corrected chi connectivity index (χ4v) is 3.82. The summed E-state index contributed by atoms with van der Waals surface area (Å²) in [4.78, 5) is 12.9. The van der Waals surface area contributed by atoms with Crippen molar-refractivity contribution in [1.29, 1.82) is 0 Å². The lowest BCUT2D eigenvalue weighted by Gasteiger charge is -2.16. The molecule has 0 radical (unpaired) electrons. The molecule has 28 heavy (non-hydrogen) atoms. The van der Waals surface area contributed by atoms with Crippen molar-refractivity contribution in [1.82, 2.24) is 19.5 Å². The highest BCUT2D eigenvalue weighted by Crippen LogP contribution is 2.33. The van der Waals surface area contributed by atoms with Crippen molar-refractivity contribution in [2.24, 2.45) is 0 Å². The van der Waals surface area contributed by atoms with Crippen LogP contribution >= 0.6 is 11.8 Å². The van der Waals surface area contributed by atoms with Gasteiger partial charge < -0.3 is 20.7 Å². The Kier molecular flexibility index (Phi) is 6.78. The number of hydrogen-bond acceptors (Lipinski definition) is 8. The molecule has 9 heteroatoms. The third-order valence-electron chi connectivity index (χ3n) is 4.51. The maximum absolute atomic E-state index is 10.5. The lowest BCUT2D eigenvalue weighted by molar-refractivity contribution is -0.0289. The number of unbranched alkanes of at least 4 members (excludes halogenated alkanes) is 2. The zero-order chi connectivity index (χ0) is 20.3. The fourth-order valence-electron chi connectivity index (χ4n) is 2.97. The predicted molar refractivity (Wildman–Crippen MR) is 110 cm³/mol. The first-order chi connectivity index (χ1) is 13.4. The van der Waals surface area contributed by atoms with Crippen LogP contribution in [0.4, 0.5) is 5.82 Å². The molecule has 4 N–H and O–H groups in total. The summed E-state index contributed by atoms with van der Waals surface area (Å²) in [6.45, 7) is 6.26. The summed E-state index contributed by atoms with van der Waals surface area (Å²) in [6, 6.07) is 0. The Morgan fingerprint density at radius 2 is 2.11 bits per heavy atom. The van der Waals surface area contributed by atoms with E-state index in [9.17, 15) is 10.2 Å². The predicted octanol–water partition coefficient (Wildman–Crippen LogP) is 1.71. The van der Waals surface area contributed by atoms with Crippen LogP contribution in [-0.4, -0.2) is 59.0 Å². The van der Waals surface area contributed by atoms with Crippen molar-refractivity contribution >= 4 is 28.7 Å². The highest BCUT2D eigenvalue weighted by atomic mass is 32.2. The van der Waals surface area contributed by atoms with Gasteiger partial charge in [0.25, 0.3) is 0 Å². The molecule has 0 spiro atoms. The number of thioether (sulfide) groups is 1. The molecule has 0 unspecified atom stereocenters. The van der Waals surface area contributed by atoms with Gasteiger partial charge in [-0.2, -0.15) is 11.8 Å². The SMILES string of the molecule is CCCCC#Cc1nc(N)c2ncn([C@@H]3O[C@H](CSC(C)C)[C@@H](O)[C@H]3O)c2n1. The second-order valence-corrected chi connectivity index (χ2v) is 8.70. The first kappa shape index (κ1) is 20.9. The van der Waals surface area contributed by atoms with Gasteiger partial charge in [0, 0.05) is 12.2 Å². The van der Waals surface area contributed by atoms with Gasteiger partial charge in [0.2, 0.25) is 5.82 Å². The Morgan fingerprint density at radius 1 is 1.32 bits per heavy atom. The molecule has 0 bridgehead atoms. The molecule has 152 valence electrons. The normalized spacial score (nSPS) is 24.6. The molecule has 1 saturated heterocycles. The molecular weight excluding hydrogens is 378 g/mol. The van der Waals surface area contributed by atoms with Gasteiger partial charge in [-0.25, -0.2) is 15.0 Å². The van der Waals surface area contributed by atoms with Crippen LogP contribution in [0.3, 0.4) is 0 Å². The Hall–Kier alpha value is -1.86. The maximum atomic E-state index is 10.5. The number of rotatable bonds is 6. The Balaban J connectivity index is 1.88. The monoisotopic (exact) mass is 405 g/mol. The van der Waals surface area contributed by atoms with E-state index in [1.54, 1.807) is 16.3 Å². The van der Waals surface area contributed by atoms with Crippen LogP contribution in [-0.2, 0) is 4.74 Å². The number of anilines is 1. The Labute approximate surface area is 168 Å². The summed E-state index contributed by atoms with van der Waals surface area (Å²) in [5.41, 5.74) is 6.87. The van der Waals surface area contributed by atoms with E-state index in [1.807, 2.05) is 0 Å². The van der Waals surface area contributed by atoms with E-state index in [-0.39, 0.29) is 5.82 Å². The minimum absolute atomic E-state index is 0.225. The molecule has 4 atom stereocenters. The molecule has 0 saturated carbocycles. The number of nitrogen functional groups attached to an aromatic ring is 1. The van der Waals surface area contributed by atoms with Gasteiger partial charge >= 0.3 is 0 Å². The highest BCUT2D eigenvalue weighted by molar-refractivity contribution is 7.99. The van der Waals surface area contributed by atoms with Crippen LogP contribution in [0, 0.1) is 11.8 Å². The number of aliphatic hydroxyl groups excluding tert-OH is 2. The van der Waals surface area contributed by atoms with Crippen molar-refractivity contribution < 1.29 is 14.9 Å². The summed E-state index contributed by atoms with van der Waals surface area (Å²) in [6.07, 6.45) is 1.00. The number of fused-ring (bicyclic) bond motifs is 1. The van der Waals surface area contributed by atoms with E-state index < -0.39 is 24.5 Å². The smallest absolute Gasteiger partial charge is 0.208 e. The van der Waals surface area contributed by atoms with Gasteiger partial charge in [0.15, 0.2) is 17.7 Å². The molecule has 3 heterocycles. The van der Waals surface area contributed by atoms with Crippen molar-refractivity contribution in [3.05, 3.63) is 12.2 Å². The van der Waals surface area contributed by atoms with E-state index in [4.69, 9.17) is 10.5 Å². The number of aliphatic hydroxyl groups is 2. The lowest BCUT2D eigenvalue weighted by Crippen LogP contribution is -2.32. The van der Waals surface area contributed by atoms with Gasteiger partial charge in [-0.1, -0.05) is 33.1 Å². The molecule has 1 fully saturated rings. The van der Waals surface area contributed by atoms with Crippen LogP contribution in [0.5, 0.6) is 0 Å². The van der Waals surface area contributed by atoms with Gasteiger partial charge in [-0.3, -0.25) is 4.57 Å². The van der Waals surface area contributed by atoms with E-state index in [1.165, 1.54) is 6.33 Å². The molecule has 2 aromatic rings. The van der Waals surface area contributed by atoms with Gasteiger partial charge in [0.05, 0.1) is 12.4 Å². The number of nitrogens with two attached hydrogens (primary N) is 1. The Bertz CT molecular complexity index is 876. The molecule has 1 aliphatic heterocycles. The van der Waals surface area contributed by atoms with Crippen molar-refractivity contribution in [2.45, 2.75) is 69.8 Å². The molecule has 8 nitrogen and oxygen atoms in total. The van der Waals surface area contributed by atoms with Crippen LogP contribution in [0.25, 0.3) is 11.2 Å². The number of aromatic nitrogens is 4. The largest absolute Gasteiger partial charge is 0.387 e. The summed E-state index contributed by atoms with van der Waals surface area (Å²) >= 11 is 1.67. The second kappa shape index (κ2) is 9.09. The summed E-state index contributed by atoms with van der Waals surface area (Å²) in [5, 5.41) is 21.3. The first-order valence-corrected chi connectivity index (χ1v) is 10.6. The molecule has 0 aliphatic carbocycles. The second-order valence-electron chi connectivity index (χ2n) is 7.09. The van der Waals surface area contributed by atoms with Crippen LogP contribution < -0.4 is 5.73 Å². The zero-order valence-electron chi connectivity index (χ0n) is 16.4. The minimum Gasteiger partial charge on any atom is -0.387 e. The third-order valence-corrected chi connectivity index (χ3v) is 5.70. The van der Waals surface area contributed by atoms with Crippen LogP contribution in [0.1, 0.15) is 52.1 Å². The average molecular weight is 406 g/mol. The number of hydrogen-bond donors (Lipinski definition) is 3. The van der Waals surface area contributed by atoms with Gasteiger partial charge in [0.1, 0.15) is 17.7 Å². The minimum atomic E-state index is -1.09. The summed E-state index contributed by atoms with van der Waals surface area (Å²) < 4.78 is 7.54. The van der Waals surface area contributed by atoms with Gasteiger partial charge in [-0.05, 0) is 17.6 Å². The van der Waals surface area contributed by atoms with E-state index >= 15 is 0 Å². The van der Waals surface area contributed by atoms with Crippen molar-refractivity contribution in [2.75, 3.05) is 11.5 Å². The Morgan fingerprint density at radius 3 is 2.82 bits per heavy atom.